The van der Waals surface area contributed by atoms with E-state index < -0.39 is 27.4 Å². The van der Waals surface area contributed by atoms with Crippen LogP contribution in [0.5, 0.6) is 0 Å². The lowest BCUT2D eigenvalue weighted by Gasteiger charge is -2.17. The number of halogens is 1. The third-order valence-electron chi connectivity index (χ3n) is 3.45. The van der Waals surface area contributed by atoms with Crippen molar-refractivity contribution in [3.05, 3.63) is 29.1 Å². The van der Waals surface area contributed by atoms with Crippen LogP contribution in [0.2, 0.25) is 0 Å². The van der Waals surface area contributed by atoms with Gasteiger partial charge in [-0.25, -0.2) is 22.3 Å². The van der Waals surface area contributed by atoms with Gasteiger partial charge in [-0.3, -0.25) is 0 Å². The van der Waals surface area contributed by atoms with E-state index in [1.165, 1.54) is 6.92 Å². The van der Waals surface area contributed by atoms with Crippen molar-refractivity contribution in [2.24, 2.45) is 0 Å². The number of ether oxygens (including phenoxy) is 1. The number of benzene rings is 1. The first-order valence-corrected chi connectivity index (χ1v) is 7.88. The maximum Gasteiger partial charge on any atom is 0.338 e. The number of carboxylic acid groups (broad SMARTS) is 1. The fourth-order valence-corrected chi connectivity index (χ4v) is 3.65. The highest BCUT2D eigenvalue weighted by Gasteiger charge is 2.30. The Morgan fingerprint density at radius 2 is 2.14 bits per heavy atom. The van der Waals surface area contributed by atoms with Gasteiger partial charge in [-0.15, -0.1) is 0 Å². The predicted molar refractivity (Wildman–Crippen MR) is 72.2 cm³/mol. The minimum atomic E-state index is -3.93. The van der Waals surface area contributed by atoms with Crippen LogP contribution in [-0.4, -0.2) is 38.2 Å². The summed E-state index contributed by atoms with van der Waals surface area (Å²) >= 11 is 0. The molecule has 1 heterocycles. The van der Waals surface area contributed by atoms with Gasteiger partial charge in [-0.2, -0.15) is 0 Å². The molecule has 0 aromatic heterocycles. The van der Waals surface area contributed by atoms with Gasteiger partial charge in [0.05, 0.1) is 22.6 Å². The normalized spacial score (nSPS) is 22.4. The van der Waals surface area contributed by atoms with Crippen molar-refractivity contribution in [2.45, 2.75) is 37.3 Å². The topological polar surface area (TPSA) is 92.7 Å². The molecular formula is C13H16FNO5S. The van der Waals surface area contributed by atoms with Gasteiger partial charge < -0.3 is 9.84 Å². The Kier molecular flexibility index (Phi) is 4.31. The van der Waals surface area contributed by atoms with Crippen molar-refractivity contribution in [1.82, 2.24) is 4.72 Å². The van der Waals surface area contributed by atoms with Crippen LogP contribution < -0.4 is 4.72 Å². The van der Waals surface area contributed by atoms with Gasteiger partial charge in [0.25, 0.3) is 0 Å². The summed E-state index contributed by atoms with van der Waals surface area (Å²) in [7, 11) is -3.93. The van der Waals surface area contributed by atoms with Gasteiger partial charge in [0.1, 0.15) is 5.82 Å². The average Bonchev–Trinajstić information content (AvgIpc) is 2.77. The summed E-state index contributed by atoms with van der Waals surface area (Å²) in [5, 5.41) is 8.93. The first-order valence-electron chi connectivity index (χ1n) is 6.39. The minimum absolute atomic E-state index is 0.0361. The Hall–Kier alpha value is -1.51. The first kappa shape index (κ1) is 15.9. The highest BCUT2D eigenvalue weighted by molar-refractivity contribution is 7.89. The summed E-state index contributed by atoms with van der Waals surface area (Å²) in [4.78, 5) is 10.7. The molecule has 21 heavy (non-hydrogen) atoms. The van der Waals surface area contributed by atoms with Crippen molar-refractivity contribution in [3.8, 4) is 0 Å². The maximum absolute atomic E-state index is 13.7. The van der Waals surface area contributed by atoms with Gasteiger partial charge in [-0.05, 0) is 38.0 Å². The van der Waals surface area contributed by atoms with Crippen LogP contribution in [0.3, 0.4) is 0 Å². The number of nitrogens with one attached hydrogen (secondary N) is 1. The molecule has 116 valence electrons. The Labute approximate surface area is 122 Å². The van der Waals surface area contributed by atoms with E-state index in [2.05, 4.69) is 4.72 Å². The molecule has 0 spiro atoms. The summed E-state index contributed by atoms with van der Waals surface area (Å²) < 4.78 is 46.0. The number of hydrogen-bond acceptors (Lipinski definition) is 4. The molecule has 1 aromatic rings. The number of aryl methyl sites for hydroxylation is 1. The first-order chi connectivity index (χ1) is 9.72. The molecule has 2 unspecified atom stereocenters. The summed E-state index contributed by atoms with van der Waals surface area (Å²) in [5.74, 6) is -2.44. The van der Waals surface area contributed by atoms with E-state index in [0.29, 0.717) is 13.0 Å². The Morgan fingerprint density at radius 1 is 1.48 bits per heavy atom. The molecule has 0 radical (unpaired) electrons. The molecule has 2 rings (SSSR count). The molecule has 0 bridgehead atoms. The zero-order valence-electron chi connectivity index (χ0n) is 11.6. The zero-order chi connectivity index (χ0) is 15.8. The smallest absolute Gasteiger partial charge is 0.338 e. The van der Waals surface area contributed by atoms with Crippen LogP contribution in [0, 0.1) is 12.7 Å². The highest BCUT2D eigenvalue weighted by Crippen LogP contribution is 2.21. The van der Waals surface area contributed by atoms with E-state index in [0.717, 1.165) is 12.1 Å². The van der Waals surface area contributed by atoms with Gasteiger partial charge in [0.15, 0.2) is 0 Å². The van der Waals surface area contributed by atoms with Crippen molar-refractivity contribution in [2.75, 3.05) is 6.61 Å². The standard InChI is InChI=1S/C13H16FNO5S/c1-7-5-9(6-10(12(7)14)13(16)17)21(18,19)15-11-3-4-20-8(11)2/h5-6,8,11,15H,3-4H2,1-2H3,(H,16,17). The molecule has 2 atom stereocenters. The van der Waals surface area contributed by atoms with Crippen LogP contribution in [0.4, 0.5) is 4.39 Å². The number of rotatable bonds is 4. The molecule has 0 saturated carbocycles. The fraction of sp³-hybridized carbons (Fsp3) is 0.462. The molecule has 6 nitrogen and oxygen atoms in total. The number of carboxylic acids is 1. The minimum Gasteiger partial charge on any atom is -0.478 e. The molecule has 8 heteroatoms. The quantitative estimate of drug-likeness (QED) is 0.873. The monoisotopic (exact) mass is 317 g/mol. The van der Waals surface area contributed by atoms with Crippen LogP contribution in [0.15, 0.2) is 17.0 Å². The van der Waals surface area contributed by atoms with E-state index in [1.807, 2.05) is 0 Å². The van der Waals surface area contributed by atoms with Crippen molar-refractivity contribution < 1.29 is 27.4 Å². The molecule has 0 amide bonds. The van der Waals surface area contributed by atoms with Crippen LogP contribution in [0.1, 0.15) is 29.3 Å². The predicted octanol–water partition coefficient (Wildman–Crippen LogP) is 1.29. The van der Waals surface area contributed by atoms with Gasteiger partial charge in [0, 0.05) is 6.61 Å². The molecule has 1 aliphatic heterocycles. The lowest BCUT2D eigenvalue weighted by molar-refractivity contribution is 0.0691. The zero-order valence-corrected chi connectivity index (χ0v) is 12.4. The summed E-state index contributed by atoms with van der Waals surface area (Å²) in [6, 6.07) is 1.56. The van der Waals surface area contributed by atoms with Crippen LogP contribution in [0.25, 0.3) is 0 Å². The van der Waals surface area contributed by atoms with E-state index in [1.54, 1.807) is 6.92 Å². The Morgan fingerprint density at radius 3 is 2.67 bits per heavy atom. The largest absolute Gasteiger partial charge is 0.478 e. The van der Waals surface area contributed by atoms with E-state index in [-0.39, 0.29) is 22.6 Å². The lowest BCUT2D eigenvalue weighted by Crippen LogP contribution is -2.39. The van der Waals surface area contributed by atoms with Crippen molar-refractivity contribution >= 4 is 16.0 Å². The molecule has 1 fully saturated rings. The maximum atomic E-state index is 13.7. The number of hydrogen-bond donors (Lipinski definition) is 2. The van der Waals surface area contributed by atoms with Crippen LogP contribution >= 0.6 is 0 Å². The molecule has 2 N–H and O–H groups in total. The second-order valence-electron chi connectivity index (χ2n) is 5.00. The van der Waals surface area contributed by atoms with E-state index in [9.17, 15) is 17.6 Å². The Balaban J connectivity index is 2.38. The molecule has 1 saturated heterocycles. The SMILES string of the molecule is Cc1cc(S(=O)(=O)NC2CCOC2C)cc(C(=O)O)c1F. The lowest BCUT2D eigenvalue weighted by atomic mass is 10.1. The number of carbonyl (C=O) groups is 1. The van der Waals surface area contributed by atoms with Crippen molar-refractivity contribution in [3.63, 3.8) is 0 Å². The summed E-state index contributed by atoms with van der Waals surface area (Å²) in [6.07, 6.45) is 0.270. The summed E-state index contributed by atoms with van der Waals surface area (Å²) in [6.45, 7) is 3.53. The molecule has 1 aliphatic rings. The second-order valence-corrected chi connectivity index (χ2v) is 6.71. The Bertz CT molecular complexity index is 673. The molecular weight excluding hydrogens is 301 g/mol. The van der Waals surface area contributed by atoms with E-state index >= 15 is 0 Å². The second kappa shape index (κ2) is 5.70. The fourth-order valence-electron chi connectivity index (χ4n) is 2.20. The number of sulfonamides is 1. The summed E-state index contributed by atoms with van der Waals surface area (Å²) in [5.41, 5.74) is -0.697. The number of aromatic carboxylic acids is 1. The van der Waals surface area contributed by atoms with Crippen molar-refractivity contribution in [1.29, 1.82) is 0 Å². The third-order valence-corrected chi connectivity index (χ3v) is 4.92. The van der Waals surface area contributed by atoms with Gasteiger partial charge in [0.2, 0.25) is 10.0 Å². The van der Waals surface area contributed by atoms with Gasteiger partial charge >= 0.3 is 5.97 Å². The third kappa shape index (κ3) is 3.22. The average molecular weight is 317 g/mol. The van der Waals surface area contributed by atoms with Crippen LogP contribution in [-0.2, 0) is 14.8 Å². The van der Waals surface area contributed by atoms with Gasteiger partial charge in [-0.1, -0.05) is 0 Å². The molecule has 0 aliphatic carbocycles. The highest BCUT2D eigenvalue weighted by atomic mass is 32.2. The van der Waals surface area contributed by atoms with E-state index in [4.69, 9.17) is 9.84 Å². The molecule has 1 aromatic carbocycles.